The summed E-state index contributed by atoms with van der Waals surface area (Å²) in [4.78, 5) is 19.7. The summed E-state index contributed by atoms with van der Waals surface area (Å²) in [7, 11) is 1.62. The number of urea groups is 1. The summed E-state index contributed by atoms with van der Waals surface area (Å²) in [5, 5.41) is 7.38. The van der Waals surface area contributed by atoms with Gasteiger partial charge in [-0.25, -0.2) is 4.79 Å². The number of hydrogen-bond donors (Lipinski definition) is 1. The molecule has 7 heteroatoms. The van der Waals surface area contributed by atoms with Gasteiger partial charge in [0.05, 0.1) is 24.4 Å². The van der Waals surface area contributed by atoms with Crippen molar-refractivity contribution in [3.63, 3.8) is 0 Å². The van der Waals surface area contributed by atoms with E-state index in [0.29, 0.717) is 17.5 Å². The SMILES string of the molecule is COc1cccc(-c2noc(C3=C(C)N(c4ccc(C)c(C)c4)C(=O)NC3c3ccccc3)n2)c1. The van der Waals surface area contributed by atoms with Crippen LogP contribution in [0.25, 0.3) is 17.0 Å². The number of rotatable bonds is 5. The Morgan fingerprint density at radius 3 is 2.49 bits per heavy atom. The lowest BCUT2D eigenvalue weighted by molar-refractivity contribution is 0.244. The van der Waals surface area contributed by atoms with Crippen LogP contribution in [0.2, 0.25) is 0 Å². The lowest BCUT2D eigenvalue weighted by Crippen LogP contribution is -2.46. The average molecular weight is 467 g/mol. The number of carbonyl (C=O) groups excluding carboxylic acids is 1. The van der Waals surface area contributed by atoms with Gasteiger partial charge in [-0.2, -0.15) is 4.98 Å². The van der Waals surface area contributed by atoms with Crippen molar-refractivity contribution in [3.05, 3.63) is 101 Å². The first kappa shape index (κ1) is 22.4. The third-order valence-corrected chi connectivity index (χ3v) is 6.35. The Kier molecular flexibility index (Phi) is 5.82. The van der Waals surface area contributed by atoms with Gasteiger partial charge in [-0.1, -0.05) is 53.7 Å². The van der Waals surface area contributed by atoms with Gasteiger partial charge in [-0.15, -0.1) is 0 Å². The van der Waals surface area contributed by atoms with E-state index in [9.17, 15) is 4.79 Å². The van der Waals surface area contributed by atoms with Crippen molar-refractivity contribution in [1.82, 2.24) is 15.5 Å². The maximum atomic E-state index is 13.4. The number of benzene rings is 3. The summed E-state index contributed by atoms with van der Waals surface area (Å²) < 4.78 is 11.1. The van der Waals surface area contributed by atoms with Crippen molar-refractivity contribution < 1.29 is 14.1 Å². The quantitative estimate of drug-likeness (QED) is 0.386. The lowest BCUT2D eigenvalue weighted by atomic mass is 9.94. The normalized spacial score (nSPS) is 15.8. The molecule has 0 bridgehead atoms. The Hall–Kier alpha value is -4.39. The molecule has 176 valence electrons. The van der Waals surface area contributed by atoms with E-state index in [4.69, 9.17) is 14.2 Å². The zero-order valence-corrected chi connectivity index (χ0v) is 20.1. The van der Waals surface area contributed by atoms with Gasteiger partial charge in [0.15, 0.2) is 0 Å². The number of nitrogens with zero attached hydrogens (tertiary/aromatic N) is 3. The first-order chi connectivity index (χ1) is 17.0. The number of methoxy groups -OCH3 is 1. The predicted octanol–water partition coefficient (Wildman–Crippen LogP) is 6.06. The number of aryl methyl sites for hydroxylation is 2. The molecule has 5 rings (SSSR count). The molecule has 1 aliphatic rings. The van der Waals surface area contributed by atoms with E-state index in [1.807, 2.05) is 93.6 Å². The van der Waals surface area contributed by atoms with Crippen LogP contribution in [-0.4, -0.2) is 23.3 Å². The van der Waals surface area contributed by atoms with Crippen LogP contribution in [0.4, 0.5) is 10.5 Å². The van der Waals surface area contributed by atoms with Gasteiger partial charge in [-0.3, -0.25) is 4.90 Å². The predicted molar refractivity (Wildman–Crippen MR) is 135 cm³/mol. The summed E-state index contributed by atoms with van der Waals surface area (Å²) in [5.41, 5.74) is 6.22. The minimum Gasteiger partial charge on any atom is -0.497 e. The largest absolute Gasteiger partial charge is 0.497 e. The van der Waals surface area contributed by atoms with Crippen molar-refractivity contribution in [3.8, 4) is 17.1 Å². The van der Waals surface area contributed by atoms with Gasteiger partial charge in [0.25, 0.3) is 5.89 Å². The molecule has 4 aromatic rings. The zero-order chi connectivity index (χ0) is 24.5. The van der Waals surface area contributed by atoms with Gasteiger partial charge in [0.2, 0.25) is 5.82 Å². The molecule has 0 fully saturated rings. The number of anilines is 1. The molecular formula is C28H26N4O3. The monoisotopic (exact) mass is 466 g/mol. The van der Waals surface area contributed by atoms with Crippen LogP contribution in [0.1, 0.15) is 35.5 Å². The summed E-state index contributed by atoms with van der Waals surface area (Å²) in [5.74, 6) is 1.50. The van der Waals surface area contributed by atoms with E-state index in [1.54, 1.807) is 12.0 Å². The van der Waals surface area contributed by atoms with Crippen LogP contribution in [0.15, 0.2) is 83.0 Å². The maximum Gasteiger partial charge on any atom is 0.326 e. The number of nitrogens with one attached hydrogen (secondary N) is 1. The van der Waals surface area contributed by atoms with Crippen molar-refractivity contribution in [1.29, 1.82) is 0 Å². The smallest absolute Gasteiger partial charge is 0.326 e. The Morgan fingerprint density at radius 2 is 1.74 bits per heavy atom. The molecule has 7 nitrogen and oxygen atoms in total. The van der Waals surface area contributed by atoms with Crippen LogP contribution in [0.3, 0.4) is 0 Å². The number of ether oxygens (including phenoxy) is 1. The second kappa shape index (κ2) is 9.10. The molecule has 3 aromatic carbocycles. The van der Waals surface area contributed by atoms with E-state index in [-0.39, 0.29) is 6.03 Å². The lowest BCUT2D eigenvalue weighted by Gasteiger charge is -2.35. The summed E-state index contributed by atoms with van der Waals surface area (Å²) in [6.45, 7) is 5.99. The van der Waals surface area contributed by atoms with Crippen LogP contribution < -0.4 is 15.0 Å². The van der Waals surface area contributed by atoms with Crippen molar-refractivity contribution in [2.75, 3.05) is 12.0 Å². The molecule has 1 unspecified atom stereocenters. The molecule has 1 atom stereocenters. The Morgan fingerprint density at radius 1 is 0.943 bits per heavy atom. The maximum absolute atomic E-state index is 13.4. The Balaban J connectivity index is 1.65. The first-order valence-corrected chi connectivity index (χ1v) is 11.4. The van der Waals surface area contributed by atoms with Crippen molar-refractivity contribution >= 4 is 17.3 Å². The third-order valence-electron chi connectivity index (χ3n) is 6.35. The summed E-state index contributed by atoms with van der Waals surface area (Å²) >= 11 is 0. The fraction of sp³-hybridized carbons (Fsp3) is 0.179. The van der Waals surface area contributed by atoms with Crippen LogP contribution in [0.5, 0.6) is 5.75 Å². The molecule has 35 heavy (non-hydrogen) atoms. The molecule has 0 radical (unpaired) electrons. The highest BCUT2D eigenvalue weighted by Crippen LogP contribution is 2.39. The molecular weight excluding hydrogens is 440 g/mol. The minimum atomic E-state index is -0.440. The van der Waals surface area contributed by atoms with Crippen LogP contribution >= 0.6 is 0 Å². The fourth-order valence-corrected chi connectivity index (χ4v) is 4.30. The van der Waals surface area contributed by atoms with Gasteiger partial charge in [-0.05, 0) is 61.7 Å². The average Bonchev–Trinajstić information content (AvgIpc) is 3.36. The van der Waals surface area contributed by atoms with Gasteiger partial charge in [0, 0.05) is 11.3 Å². The molecule has 2 heterocycles. The number of carbonyl (C=O) groups is 1. The number of allylic oxidation sites excluding steroid dienone is 1. The highest BCUT2D eigenvalue weighted by atomic mass is 16.5. The molecule has 0 aliphatic carbocycles. The van der Waals surface area contributed by atoms with Gasteiger partial charge >= 0.3 is 6.03 Å². The fourth-order valence-electron chi connectivity index (χ4n) is 4.30. The first-order valence-electron chi connectivity index (χ1n) is 11.4. The van der Waals surface area contributed by atoms with E-state index in [2.05, 4.69) is 10.5 Å². The molecule has 1 N–H and O–H groups in total. The van der Waals surface area contributed by atoms with E-state index in [0.717, 1.165) is 39.2 Å². The van der Waals surface area contributed by atoms with E-state index < -0.39 is 6.04 Å². The number of hydrogen-bond acceptors (Lipinski definition) is 5. The molecule has 2 amide bonds. The Bertz CT molecular complexity index is 1430. The topological polar surface area (TPSA) is 80.5 Å². The van der Waals surface area contributed by atoms with E-state index >= 15 is 0 Å². The standard InChI is InChI=1S/C28H26N4O3/c1-17-13-14-22(15-18(17)2)32-19(3)24(25(29-28(32)33)20-9-6-5-7-10-20)27-30-26(31-35-27)21-11-8-12-23(16-21)34-4/h5-16,25H,1-4H3,(H,29,33). The second-order valence-corrected chi connectivity index (χ2v) is 8.55. The highest BCUT2D eigenvalue weighted by Gasteiger charge is 2.36. The number of aromatic nitrogens is 2. The van der Waals surface area contributed by atoms with Crippen LogP contribution in [-0.2, 0) is 0 Å². The molecule has 0 saturated carbocycles. The minimum absolute atomic E-state index is 0.212. The second-order valence-electron chi connectivity index (χ2n) is 8.55. The highest BCUT2D eigenvalue weighted by molar-refractivity contribution is 6.01. The van der Waals surface area contributed by atoms with Crippen molar-refractivity contribution in [2.45, 2.75) is 26.8 Å². The van der Waals surface area contributed by atoms with E-state index in [1.165, 1.54) is 0 Å². The summed E-state index contributed by atoms with van der Waals surface area (Å²) in [6.07, 6.45) is 0. The molecule has 0 saturated heterocycles. The summed E-state index contributed by atoms with van der Waals surface area (Å²) in [6, 6.07) is 22.6. The van der Waals surface area contributed by atoms with Gasteiger partial charge in [0.1, 0.15) is 5.75 Å². The van der Waals surface area contributed by atoms with Crippen LogP contribution in [0, 0.1) is 13.8 Å². The Labute approximate surface area is 204 Å². The molecule has 1 aromatic heterocycles. The zero-order valence-electron chi connectivity index (χ0n) is 20.1. The van der Waals surface area contributed by atoms with Gasteiger partial charge < -0.3 is 14.6 Å². The third kappa shape index (κ3) is 4.17. The van der Waals surface area contributed by atoms with Crippen molar-refractivity contribution in [2.24, 2.45) is 0 Å². The molecule has 1 aliphatic heterocycles. The number of amides is 2. The molecule has 0 spiro atoms.